The molecule has 1 atom stereocenters. The third kappa shape index (κ3) is 2.00. The number of aromatic nitrogens is 4. The van der Waals surface area contributed by atoms with E-state index in [1.165, 1.54) is 6.33 Å². The van der Waals surface area contributed by atoms with Gasteiger partial charge in [0, 0.05) is 31.2 Å². The standard InChI is InChI=1S/C9H12N6/c1-15-4-8(13-6-15)9(14-10)7-2-11-5-12-3-7/h2-6,9,14H,10H2,1H3. The van der Waals surface area contributed by atoms with Crippen LogP contribution in [0.5, 0.6) is 0 Å². The number of rotatable bonds is 3. The summed E-state index contributed by atoms with van der Waals surface area (Å²) in [5.41, 5.74) is 4.42. The summed E-state index contributed by atoms with van der Waals surface area (Å²) in [6.45, 7) is 0. The van der Waals surface area contributed by atoms with Gasteiger partial charge in [0.2, 0.25) is 0 Å². The van der Waals surface area contributed by atoms with Gasteiger partial charge in [-0.3, -0.25) is 5.84 Å². The lowest BCUT2D eigenvalue weighted by atomic mass is 10.1. The molecule has 0 radical (unpaired) electrons. The number of hydrogen-bond acceptors (Lipinski definition) is 5. The minimum atomic E-state index is -0.174. The Morgan fingerprint density at radius 3 is 2.67 bits per heavy atom. The number of hydrazine groups is 1. The van der Waals surface area contributed by atoms with Gasteiger partial charge < -0.3 is 4.57 Å². The third-order valence-electron chi connectivity index (χ3n) is 2.10. The third-order valence-corrected chi connectivity index (χ3v) is 2.10. The van der Waals surface area contributed by atoms with Crippen molar-refractivity contribution in [3.63, 3.8) is 0 Å². The summed E-state index contributed by atoms with van der Waals surface area (Å²) in [6, 6.07) is -0.174. The molecule has 0 aliphatic heterocycles. The highest BCUT2D eigenvalue weighted by Gasteiger charge is 2.14. The first-order valence-electron chi connectivity index (χ1n) is 4.50. The van der Waals surface area contributed by atoms with E-state index >= 15 is 0 Å². The Morgan fingerprint density at radius 1 is 1.40 bits per heavy atom. The largest absolute Gasteiger partial charge is 0.340 e. The fraction of sp³-hybridized carbons (Fsp3) is 0.222. The average molecular weight is 204 g/mol. The van der Waals surface area contributed by atoms with Crippen molar-refractivity contribution in [2.24, 2.45) is 12.9 Å². The van der Waals surface area contributed by atoms with E-state index in [0.29, 0.717) is 0 Å². The zero-order valence-electron chi connectivity index (χ0n) is 8.33. The molecule has 2 rings (SSSR count). The molecular weight excluding hydrogens is 192 g/mol. The molecule has 2 aromatic heterocycles. The summed E-state index contributed by atoms with van der Waals surface area (Å²) in [7, 11) is 1.91. The molecule has 1 unspecified atom stereocenters. The summed E-state index contributed by atoms with van der Waals surface area (Å²) in [5.74, 6) is 5.49. The second kappa shape index (κ2) is 4.16. The van der Waals surface area contributed by atoms with Gasteiger partial charge >= 0.3 is 0 Å². The summed E-state index contributed by atoms with van der Waals surface area (Å²) < 4.78 is 1.86. The van der Waals surface area contributed by atoms with E-state index in [-0.39, 0.29) is 6.04 Å². The molecule has 2 heterocycles. The molecule has 2 aromatic rings. The van der Waals surface area contributed by atoms with E-state index in [2.05, 4.69) is 20.4 Å². The smallest absolute Gasteiger partial charge is 0.115 e. The Morgan fingerprint density at radius 2 is 2.13 bits per heavy atom. The zero-order valence-corrected chi connectivity index (χ0v) is 8.33. The first-order chi connectivity index (χ1) is 7.31. The highest BCUT2D eigenvalue weighted by atomic mass is 15.2. The molecule has 0 amide bonds. The molecule has 3 N–H and O–H groups in total. The van der Waals surface area contributed by atoms with Crippen molar-refractivity contribution in [1.82, 2.24) is 24.9 Å². The van der Waals surface area contributed by atoms with Crippen molar-refractivity contribution in [2.45, 2.75) is 6.04 Å². The molecule has 0 spiro atoms. The molecule has 6 heteroatoms. The van der Waals surface area contributed by atoms with Crippen LogP contribution in [0.25, 0.3) is 0 Å². The topological polar surface area (TPSA) is 81.7 Å². The van der Waals surface area contributed by atoms with Crippen LogP contribution >= 0.6 is 0 Å². The van der Waals surface area contributed by atoms with Crippen molar-refractivity contribution in [1.29, 1.82) is 0 Å². The molecule has 6 nitrogen and oxygen atoms in total. The monoisotopic (exact) mass is 204 g/mol. The second-order valence-electron chi connectivity index (χ2n) is 3.24. The molecule has 0 bridgehead atoms. The minimum Gasteiger partial charge on any atom is -0.340 e. The van der Waals surface area contributed by atoms with Crippen LogP contribution in [0, 0.1) is 0 Å². The van der Waals surface area contributed by atoms with Crippen molar-refractivity contribution in [3.05, 3.63) is 42.5 Å². The Bertz CT molecular complexity index is 423. The van der Waals surface area contributed by atoms with Crippen molar-refractivity contribution in [2.75, 3.05) is 0 Å². The lowest BCUT2D eigenvalue weighted by Gasteiger charge is -2.12. The Hall–Kier alpha value is -1.79. The molecule has 15 heavy (non-hydrogen) atoms. The van der Waals surface area contributed by atoms with Gasteiger partial charge in [0.25, 0.3) is 0 Å². The van der Waals surface area contributed by atoms with Crippen molar-refractivity contribution >= 4 is 0 Å². The predicted octanol–water partition coefficient (Wildman–Crippen LogP) is -0.237. The highest BCUT2D eigenvalue weighted by molar-refractivity contribution is 5.21. The maximum absolute atomic E-state index is 5.49. The summed E-state index contributed by atoms with van der Waals surface area (Å²) in [6.07, 6.45) is 8.54. The minimum absolute atomic E-state index is 0.174. The van der Waals surface area contributed by atoms with Gasteiger partial charge in [0.15, 0.2) is 0 Å². The summed E-state index contributed by atoms with van der Waals surface area (Å²) >= 11 is 0. The van der Waals surface area contributed by atoms with Gasteiger partial charge in [0.05, 0.1) is 18.1 Å². The fourth-order valence-electron chi connectivity index (χ4n) is 1.39. The lowest BCUT2D eigenvalue weighted by Crippen LogP contribution is -2.29. The number of nitrogens with one attached hydrogen (secondary N) is 1. The van der Waals surface area contributed by atoms with E-state index in [0.717, 1.165) is 11.3 Å². The van der Waals surface area contributed by atoms with Crippen molar-refractivity contribution < 1.29 is 0 Å². The summed E-state index contributed by atoms with van der Waals surface area (Å²) in [4.78, 5) is 12.1. The van der Waals surface area contributed by atoms with Crippen LogP contribution in [-0.2, 0) is 7.05 Å². The zero-order chi connectivity index (χ0) is 10.7. The van der Waals surface area contributed by atoms with Crippen LogP contribution in [-0.4, -0.2) is 19.5 Å². The maximum Gasteiger partial charge on any atom is 0.115 e. The fourth-order valence-corrected chi connectivity index (χ4v) is 1.39. The van der Waals surface area contributed by atoms with E-state index in [1.54, 1.807) is 18.7 Å². The number of aryl methyl sites for hydroxylation is 1. The lowest BCUT2D eigenvalue weighted by molar-refractivity contribution is 0.618. The first kappa shape index (κ1) is 9.75. The van der Waals surface area contributed by atoms with Crippen LogP contribution in [0.15, 0.2) is 31.2 Å². The number of hydrogen-bond donors (Lipinski definition) is 2. The van der Waals surface area contributed by atoms with Gasteiger partial charge in [0.1, 0.15) is 6.33 Å². The molecule has 0 aromatic carbocycles. The normalized spacial score (nSPS) is 12.7. The van der Waals surface area contributed by atoms with E-state index in [1.807, 2.05) is 17.8 Å². The van der Waals surface area contributed by atoms with Gasteiger partial charge in [-0.2, -0.15) is 0 Å². The quantitative estimate of drug-likeness (QED) is 0.533. The first-order valence-corrected chi connectivity index (χ1v) is 4.50. The molecule has 0 fully saturated rings. The number of nitrogens with two attached hydrogens (primary N) is 1. The van der Waals surface area contributed by atoms with Crippen LogP contribution in [0.2, 0.25) is 0 Å². The van der Waals surface area contributed by atoms with E-state index in [4.69, 9.17) is 5.84 Å². The molecule has 0 saturated carbocycles. The highest BCUT2D eigenvalue weighted by Crippen LogP contribution is 2.17. The van der Waals surface area contributed by atoms with Crippen LogP contribution in [0.1, 0.15) is 17.3 Å². The average Bonchev–Trinajstić information content (AvgIpc) is 2.68. The molecule has 0 saturated heterocycles. The van der Waals surface area contributed by atoms with Crippen LogP contribution in [0.4, 0.5) is 0 Å². The molecular formula is C9H12N6. The molecule has 0 aliphatic carbocycles. The van der Waals surface area contributed by atoms with Gasteiger partial charge in [-0.15, -0.1) is 0 Å². The Labute approximate surface area is 87.2 Å². The molecule has 0 aliphatic rings. The van der Waals surface area contributed by atoms with E-state index in [9.17, 15) is 0 Å². The van der Waals surface area contributed by atoms with E-state index < -0.39 is 0 Å². The Balaban J connectivity index is 2.33. The summed E-state index contributed by atoms with van der Waals surface area (Å²) in [5, 5.41) is 0. The number of nitrogens with zero attached hydrogens (tertiary/aromatic N) is 4. The maximum atomic E-state index is 5.49. The van der Waals surface area contributed by atoms with Gasteiger partial charge in [-0.25, -0.2) is 20.4 Å². The van der Waals surface area contributed by atoms with Crippen LogP contribution in [0.3, 0.4) is 0 Å². The Kier molecular flexibility index (Phi) is 2.70. The predicted molar refractivity (Wildman–Crippen MR) is 54.4 cm³/mol. The second-order valence-corrected chi connectivity index (χ2v) is 3.24. The van der Waals surface area contributed by atoms with Gasteiger partial charge in [-0.05, 0) is 0 Å². The van der Waals surface area contributed by atoms with Gasteiger partial charge in [-0.1, -0.05) is 0 Å². The number of imidazole rings is 1. The van der Waals surface area contributed by atoms with Crippen LogP contribution < -0.4 is 11.3 Å². The molecule has 78 valence electrons. The SMILES string of the molecule is Cn1cnc(C(NN)c2cncnc2)c1. The van der Waals surface area contributed by atoms with Crippen molar-refractivity contribution in [3.8, 4) is 0 Å².